The number of nitriles is 1. The molecule has 0 saturated carbocycles. The van der Waals surface area contributed by atoms with Crippen molar-refractivity contribution in [1.82, 2.24) is 15.3 Å². The zero-order chi connectivity index (χ0) is 25.3. The van der Waals surface area contributed by atoms with Gasteiger partial charge in [-0.1, -0.05) is 30.3 Å². The van der Waals surface area contributed by atoms with Gasteiger partial charge in [0.25, 0.3) is 12.3 Å². The van der Waals surface area contributed by atoms with Gasteiger partial charge in [0, 0.05) is 28.3 Å². The van der Waals surface area contributed by atoms with Gasteiger partial charge in [0.05, 0.1) is 42.7 Å². The van der Waals surface area contributed by atoms with Crippen molar-refractivity contribution in [2.75, 3.05) is 6.61 Å². The number of nitrogens with one attached hydrogen (secondary N) is 1. The number of fused-ring (bicyclic) bond motifs is 2. The number of amides is 1. The number of nitrogens with zero attached hydrogens (tertiary/aromatic N) is 3. The van der Waals surface area contributed by atoms with Crippen LogP contribution in [0.4, 0.5) is 8.78 Å². The van der Waals surface area contributed by atoms with Gasteiger partial charge in [-0.25, -0.2) is 13.8 Å². The number of alkyl halides is 2. The van der Waals surface area contributed by atoms with Crippen molar-refractivity contribution in [3.05, 3.63) is 94.8 Å². The van der Waals surface area contributed by atoms with Gasteiger partial charge in [-0.05, 0) is 48.4 Å². The molecule has 0 spiro atoms. The lowest BCUT2D eigenvalue weighted by molar-refractivity contribution is 0.0757. The number of pyridine rings is 2. The Morgan fingerprint density at radius 3 is 2.83 bits per heavy atom. The van der Waals surface area contributed by atoms with E-state index in [4.69, 9.17) is 4.74 Å². The molecule has 6 nitrogen and oxygen atoms in total. The van der Waals surface area contributed by atoms with Crippen LogP contribution in [0.15, 0.2) is 66.9 Å². The topological polar surface area (TPSA) is 87.9 Å². The first-order valence-corrected chi connectivity index (χ1v) is 11.4. The van der Waals surface area contributed by atoms with Crippen LogP contribution in [-0.2, 0) is 23.3 Å². The van der Waals surface area contributed by atoms with E-state index in [1.165, 1.54) is 6.07 Å². The highest BCUT2D eigenvalue weighted by Crippen LogP contribution is 2.33. The normalized spacial score (nSPS) is 17.0. The first-order valence-electron chi connectivity index (χ1n) is 11.4. The van der Waals surface area contributed by atoms with Crippen molar-refractivity contribution >= 4 is 16.8 Å². The molecule has 180 valence electrons. The smallest absolute Gasteiger partial charge is 0.264 e. The van der Waals surface area contributed by atoms with E-state index in [9.17, 15) is 18.8 Å². The summed E-state index contributed by atoms with van der Waals surface area (Å²) in [4.78, 5) is 21.8. The summed E-state index contributed by atoms with van der Waals surface area (Å²) >= 11 is 0. The number of hydrogen-bond donors (Lipinski definition) is 1. The Labute approximate surface area is 206 Å². The molecule has 8 heteroatoms. The maximum absolute atomic E-state index is 13.5. The molecule has 3 heterocycles. The van der Waals surface area contributed by atoms with E-state index in [0.29, 0.717) is 34.6 Å². The lowest BCUT2D eigenvalue weighted by atomic mass is 9.79. The predicted molar refractivity (Wildman–Crippen MR) is 130 cm³/mol. The second-order valence-corrected chi connectivity index (χ2v) is 8.94. The van der Waals surface area contributed by atoms with Gasteiger partial charge in [0.1, 0.15) is 5.41 Å². The van der Waals surface area contributed by atoms with Gasteiger partial charge in [0.2, 0.25) is 0 Å². The summed E-state index contributed by atoms with van der Waals surface area (Å²) in [5, 5.41) is 13.2. The fraction of sp³-hybridized carbons (Fsp3) is 0.214. The zero-order valence-corrected chi connectivity index (χ0v) is 19.5. The van der Waals surface area contributed by atoms with Crippen molar-refractivity contribution in [3.8, 4) is 17.3 Å². The summed E-state index contributed by atoms with van der Waals surface area (Å²) in [5.74, 6) is -0.293. The summed E-state index contributed by atoms with van der Waals surface area (Å²) in [7, 11) is 0. The minimum Gasteiger partial charge on any atom is -0.375 e. The minimum absolute atomic E-state index is 0.0741. The standard InChI is InChI=1S/C28H22F2N4O2/c1-28(15-31)16-36-14-19-7-6-17(10-23(19)28)27(35)33-13-20-11-25-18(12-32-20)8-9-24(34-25)21-4-2-3-5-22(21)26(29)30/h2-12,26H,13-14,16H2,1H3,(H,33,35)/t28-/m1/s1. The van der Waals surface area contributed by atoms with Crippen LogP contribution in [0.1, 0.15) is 46.1 Å². The number of aromatic nitrogens is 2. The molecule has 2 aromatic heterocycles. The molecule has 5 rings (SSSR count). The number of benzene rings is 2. The van der Waals surface area contributed by atoms with Crippen LogP contribution in [-0.4, -0.2) is 22.5 Å². The lowest BCUT2D eigenvalue weighted by Crippen LogP contribution is -2.33. The van der Waals surface area contributed by atoms with Crippen molar-refractivity contribution in [2.45, 2.75) is 31.9 Å². The fourth-order valence-electron chi connectivity index (χ4n) is 4.39. The number of halogens is 2. The van der Waals surface area contributed by atoms with Crippen LogP contribution >= 0.6 is 0 Å². The number of hydrogen-bond acceptors (Lipinski definition) is 5. The Bertz CT molecular complexity index is 1520. The molecular formula is C28H22F2N4O2. The Kier molecular flexibility index (Phi) is 6.17. The highest BCUT2D eigenvalue weighted by atomic mass is 19.3. The van der Waals surface area contributed by atoms with Gasteiger partial charge >= 0.3 is 0 Å². The van der Waals surface area contributed by atoms with Crippen molar-refractivity contribution in [2.24, 2.45) is 0 Å². The second kappa shape index (κ2) is 9.44. The summed E-state index contributed by atoms with van der Waals surface area (Å²) < 4.78 is 32.5. The van der Waals surface area contributed by atoms with Gasteiger partial charge in [0.15, 0.2) is 0 Å². The molecule has 1 aliphatic rings. The molecule has 0 unspecified atom stereocenters. The Hall–Kier alpha value is -4.22. The van der Waals surface area contributed by atoms with Gasteiger partial charge < -0.3 is 10.1 Å². The predicted octanol–water partition coefficient (Wildman–Crippen LogP) is 5.48. The molecule has 0 saturated heterocycles. The lowest BCUT2D eigenvalue weighted by Gasteiger charge is -2.30. The van der Waals surface area contributed by atoms with Gasteiger partial charge in [-0.2, -0.15) is 5.26 Å². The highest BCUT2D eigenvalue weighted by molar-refractivity contribution is 5.94. The van der Waals surface area contributed by atoms with E-state index in [2.05, 4.69) is 21.4 Å². The van der Waals surface area contributed by atoms with E-state index in [0.717, 1.165) is 16.5 Å². The summed E-state index contributed by atoms with van der Waals surface area (Å²) in [6.07, 6.45) is -0.965. The van der Waals surface area contributed by atoms with Crippen LogP contribution in [0.3, 0.4) is 0 Å². The average molecular weight is 485 g/mol. The average Bonchev–Trinajstić information content (AvgIpc) is 2.91. The van der Waals surface area contributed by atoms with E-state index in [-0.39, 0.29) is 24.6 Å². The number of carbonyl (C=O) groups is 1. The van der Waals surface area contributed by atoms with Crippen LogP contribution < -0.4 is 5.32 Å². The number of rotatable bonds is 5. The van der Waals surface area contributed by atoms with Gasteiger partial charge in [-0.15, -0.1) is 0 Å². The first-order chi connectivity index (χ1) is 17.4. The van der Waals surface area contributed by atoms with E-state index in [1.54, 1.807) is 61.7 Å². The largest absolute Gasteiger partial charge is 0.375 e. The Balaban J connectivity index is 1.37. The zero-order valence-electron chi connectivity index (χ0n) is 19.5. The fourth-order valence-corrected chi connectivity index (χ4v) is 4.39. The number of ether oxygens (including phenoxy) is 1. The molecule has 0 bridgehead atoms. The molecule has 0 aliphatic carbocycles. The third-order valence-electron chi connectivity index (χ3n) is 6.39. The highest BCUT2D eigenvalue weighted by Gasteiger charge is 2.33. The molecule has 0 radical (unpaired) electrons. The third-order valence-corrected chi connectivity index (χ3v) is 6.39. The summed E-state index contributed by atoms with van der Waals surface area (Å²) in [5.41, 5.74) is 3.25. The summed E-state index contributed by atoms with van der Waals surface area (Å²) in [6.45, 7) is 2.64. The van der Waals surface area contributed by atoms with Crippen LogP contribution in [0.2, 0.25) is 0 Å². The van der Waals surface area contributed by atoms with E-state index >= 15 is 0 Å². The molecule has 0 fully saturated rings. The Morgan fingerprint density at radius 2 is 2.03 bits per heavy atom. The van der Waals surface area contributed by atoms with Crippen molar-refractivity contribution < 1.29 is 18.3 Å². The monoisotopic (exact) mass is 484 g/mol. The Morgan fingerprint density at radius 1 is 1.19 bits per heavy atom. The molecule has 1 N–H and O–H groups in total. The van der Waals surface area contributed by atoms with Crippen LogP contribution in [0.5, 0.6) is 0 Å². The molecule has 36 heavy (non-hydrogen) atoms. The van der Waals surface area contributed by atoms with Crippen molar-refractivity contribution in [1.29, 1.82) is 5.26 Å². The SMILES string of the molecule is C[C@@]1(C#N)COCc2ccc(C(=O)NCc3cc4nc(-c5ccccc5C(F)F)ccc4cn3)cc21. The third kappa shape index (κ3) is 4.41. The molecule has 2 aromatic carbocycles. The summed E-state index contributed by atoms with van der Waals surface area (Å²) in [6, 6.07) is 19.1. The van der Waals surface area contributed by atoms with Crippen LogP contribution in [0, 0.1) is 11.3 Å². The quantitative estimate of drug-likeness (QED) is 0.406. The second-order valence-electron chi connectivity index (χ2n) is 8.94. The maximum Gasteiger partial charge on any atom is 0.264 e. The molecular weight excluding hydrogens is 462 g/mol. The molecule has 1 amide bonds. The first kappa shape index (κ1) is 23.5. The molecule has 1 aliphatic heterocycles. The van der Waals surface area contributed by atoms with Crippen molar-refractivity contribution in [3.63, 3.8) is 0 Å². The van der Waals surface area contributed by atoms with Gasteiger partial charge in [-0.3, -0.25) is 9.78 Å². The van der Waals surface area contributed by atoms with E-state index in [1.807, 2.05) is 6.07 Å². The number of carbonyl (C=O) groups excluding carboxylic acids is 1. The minimum atomic E-state index is -2.61. The molecule has 1 atom stereocenters. The van der Waals surface area contributed by atoms with Crippen LogP contribution in [0.25, 0.3) is 22.2 Å². The molecule has 4 aromatic rings. The van der Waals surface area contributed by atoms with E-state index < -0.39 is 11.8 Å². The maximum atomic E-state index is 13.5.